The zero-order valence-electron chi connectivity index (χ0n) is 11.3. The number of aromatic nitrogens is 1. The normalized spacial score (nSPS) is 12.2. The van der Waals surface area contributed by atoms with Gasteiger partial charge in [-0.2, -0.15) is 0 Å². The van der Waals surface area contributed by atoms with Crippen molar-refractivity contribution in [2.45, 2.75) is 12.6 Å². The zero-order valence-corrected chi connectivity index (χ0v) is 12.8. The summed E-state index contributed by atoms with van der Waals surface area (Å²) in [7, 11) is 1.75. The number of urea groups is 1. The van der Waals surface area contributed by atoms with Crippen LogP contribution in [0.5, 0.6) is 0 Å². The molecule has 6 nitrogen and oxygen atoms in total. The predicted octanol–water partition coefficient (Wildman–Crippen LogP) is 2.46. The first-order valence-electron chi connectivity index (χ1n) is 6.21. The molecule has 0 aliphatic heterocycles. The molecular weight excluding hydrogens is 317 g/mol. The van der Waals surface area contributed by atoms with Crippen LogP contribution in [0, 0.1) is 0 Å². The van der Waals surface area contributed by atoms with Crippen molar-refractivity contribution in [1.29, 1.82) is 0 Å². The van der Waals surface area contributed by atoms with Crippen LogP contribution in [0.3, 0.4) is 0 Å². The number of aliphatic hydroxyl groups excluding tert-OH is 1. The Morgan fingerprint density at radius 1 is 1.48 bits per heavy atom. The topological polar surface area (TPSA) is 79.4 Å². The number of amides is 2. The third-order valence-corrected chi connectivity index (χ3v) is 3.82. The van der Waals surface area contributed by atoms with Crippen molar-refractivity contribution < 1.29 is 14.3 Å². The highest BCUT2D eigenvalue weighted by Gasteiger charge is 2.13. The van der Waals surface area contributed by atoms with Gasteiger partial charge in [-0.1, -0.05) is 23.2 Å². The highest BCUT2D eigenvalue weighted by molar-refractivity contribution is 6.41. The monoisotopic (exact) mass is 331 g/mol. The van der Waals surface area contributed by atoms with Crippen molar-refractivity contribution in [2.75, 3.05) is 6.54 Å². The standard InChI is InChI=1S/C13H15Cl2N3O3/c1-18-8(5-9(14)12(18)15)6-16-13(20)17-7-10(19)11-3-2-4-21-11/h2-5,10,19H,6-7H2,1H3,(H2,16,17,20). The van der Waals surface area contributed by atoms with Crippen molar-refractivity contribution >= 4 is 29.2 Å². The molecule has 0 saturated heterocycles. The molecule has 21 heavy (non-hydrogen) atoms. The molecule has 3 N–H and O–H groups in total. The second-order valence-electron chi connectivity index (χ2n) is 4.43. The lowest BCUT2D eigenvalue weighted by atomic mass is 10.3. The summed E-state index contributed by atoms with van der Waals surface area (Å²) in [6.45, 7) is 0.319. The molecule has 1 atom stereocenters. The summed E-state index contributed by atoms with van der Waals surface area (Å²) in [6.07, 6.45) is 0.575. The van der Waals surface area contributed by atoms with E-state index in [9.17, 15) is 9.90 Å². The van der Waals surface area contributed by atoms with Gasteiger partial charge in [0, 0.05) is 12.7 Å². The molecule has 0 aliphatic rings. The number of halogens is 2. The molecular formula is C13H15Cl2N3O3. The first-order valence-corrected chi connectivity index (χ1v) is 6.97. The first kappa shape index (κ1) is 15.8. The number of rotatable bonds is 5. The van der Waals surface area contributed by atoms with Crippen LogP contribution < -0.4 is 10.6 Å². The number of hydrogen-bond acceptors (Lipinski definition) is 3. The van der Waals surface area contributed by atoms with Crippen molar-refractivity contribution in [3.8, 4) is 0 Å². The maximum Gasteiger partial charge on any atom is 0.315 e. The average Bonchev–Trinajstić information content (AvgIpc) is 3.08. The summed E-state index contributed by atoms with van der Waals surface area (Å²) in [5.74, 6) is 0.399. The number of carbonyl (C=O) groups is 1. The van der Waals surface area contributed by atoms with Gasteiger partial charge in [-0.05, 0) is 18.2 Å². The van der Waals surface area contributed by atoms with Crippen LogP contribution in [-0.4, -0.2) is 22.2 Å². The summed E-state index contributed by atoms with van der Waals surface area (Å²) < 4.78 is 6.72. The lowest BCUT2D eigenvalue weighted by molar-refractivity contribution is 0.148. The van der Waals surface area contributed by atoms with Crippen LogP contribution in [0.25, 0.3) is 0 Å². The molecule has 0 radical (unpaired) electrons. The van der Waals surface area contributed by atoms with Gasteiger partial charge in [0.25, 0.3) is 0 Å². The number of nitrogens with one attached hydrogen (secondary N) is 2. The predicted molar refractivity (Wildman–Crippen MR) is 79.3 cm³/mol. The van der Waals surface area contributed by atoms with E-state index in [1.807, 2.05) is 0 Å². The highest BCUT2D eigenvalue weighted by atomic mass is 35.5. The van der Waals surface area contributed by atoms with E-state index in [2.05, 4.69) is 10.6 Å². The Morgan fingerprint density at radius 2 is 2.24 bits per heavy atom. The Balaban J connectivity index is 1.78. The quantitative estimate of drug-likeness (QED) is 0.787. The summed E-state index contributed by atoms with van der Waals surface area (Å²) in [5, 5.41) is 15.8. The number of aliphatic hydroxyl groups is 1. The van der Waals surface area contributed by atoms with E-state index >= 15 is 0 Å². The van der Waals surface area contributed by atoms with Gasteiger partial charge in [-0.25, -0.2) is 4.79 Å². The summed E-state index contributed by atoms with van der Waals surface area (Å²) in [4.78, 5) is 11.7. The minimum Gasteiger partial charge on any atom is -0.467 e. The van der Waals surface area contributed by atoms with Gasteiger partial charge in [0.1, 0.15) is 17.0 Å². The van der Waals surface area contributed by atoms with Gasteiger partial charge >= 0.3 is 6.03 Å². The lowest BCUT2D eigenvalue weighted by Crippen LogP contribution is -2.37. The summed E-state index contributed by atoms with van der Waals surface area (Å²) in [5.41, 5.74) is 0.770. The van der Waals surface area contributed by atoms with Gasteiger partial charge in [-0.15, -0.1) is 0 Å². The third-order valence-electron chi connectivity index (χ3n) is 2.97. The molecule has 0 saturated carbocycles. The molecule has 1 unspecified atom stereocenters. The van der Waals surface area contributed by atoms with Crippen LogP contribution in [0.1, 0.15) is 17.6 Å². The number of hydrogen-bond donors (Lipinski definition) is 3. The van der Waals surface area contributed by atoms with Gasteiger partial charge in [0.2, 0.25) is 0 Å². The average molecular weight is 332 g/mol. The smallest absolute Gasteiger partial charge is 0.315 e. The molecule has 0 fully saturated rings. The Kier molecular flexibility index (Phi) is 5.17. The molecule has 2 amide bonds. The van der Waals surface area contributed by atoms with Crippen molar-refractivity contribution in [2.24, 2.45) is 7.05 Å². The van der Waals surface area contributed by atoms with Crippen molar-refractivity contribution in [1.82, 2.24) is 15.2 Å². The second-order valence-corrected chi connectivity index (χ2v) is 5.19. The van der Waals surface area contributed by atoms with E-state index in [0.29, 0.717) is 15.9 Å². The maximum absolute atomic E-state index is 11.7. The van der Waals surface area contributed by atoms with E-state index in [1.165, 1.54) is 6.26 Å². The molecule has 2 rings (SSSR count). The number of carbonyl (C=O) groups excluding carboxylic acids is 1. The minimum absolute atomic E-state index is 0.0496. The Morgan fingerprint density at radius 3 is 2.81 bits per heavy atom. The van der Waals surface area contributed by atoms with Crippen LogP contribution >= 0.6 is 23.2 Å². The largest absolute Gasteiger partial charge is 0.467 e. The Labute approximate surface area is 131 Å². The minimum atomic E-state index is -0.885. The van der Waals surface area contributed by atoms with E-state index in [4.69, 9.17) is 27.6 Å². The van der Waals surface area contributed by atoms with E-state index in [0.717, 1.165) is 5.69 Å². The van der Waals surface area contributed by atoms with Crippen LogP contribution in [-0.2, 0) is 13.6 Å². The fourth-order valence-corrected chi connectivity index (χ4v) is 2.18. The lowest BCUT2D eigenvalue weighted by Gasteiger charge is -2.11. The van der Waals surface area contributed by atoms with Gasteiger partial charge in [0.15, 0.2) is 0 Å². The number of nitrogens with zero attached hydrogens (tertiary/aromatic N) is 1. The van der Waals surface area contributed by atoms with Crippen LogP contribution in [0.2, 0.25) is 10.2 Å². The maximum atomic E-state index is 11.7. The van der Waals surface area contributed by atoms with Crippen LogP contribution in [0.15, 0.2) is 28.9 Å². The molecule has 114 valence electrons. The third kappa shape index (κ3) is 3.93. The van der Waals surface area contributed by atoms with Crippen LogP contribution in [0.4, 0.5) is 4.79 Å². The summed E-state index contributed by atoms with van der Waals surface area (Å²) in [6, 6.07) is 4.58. The summed E-state index contributed by atoms with van der Waals surface area (Å²) >= 11 is 11.8. The fraction of sp³-hybridized carbons (Fsp3) is 0.308. The molecule has 2 aromatic rings. The van der Waals surface area contributed by atoms with E-state index in [1.54, 1.807) is 29.8 Å². The van der Waals surface area contributed by atoms with Crippen molar-refractivity contribution in [3.63, 3.8) is 0 Å². The molecule has 2 heterocycles. The SMILES string of the molecule is Cn1c(CNC(=O)NCC(O)c2ccco2)cc(Cl)c1Cl. The van der Waals surface area contributed by atoms with Gasteiger partial charge < -0.3 is 24.7 Å². The molecule has 8 heteroatoms. The Bertz CT molecular complexity index is 610. The molecule has 0 bridgehead atoms. The zero-order chi connectivity index (χ0) is 15.4. The van der Waals surface area contributed by atoms with Gasteiger partial charge in [-0.3, -0.25) is 0 Å². The van der Waals surface area contributed by atoms with E-state index in [-0.39, 0.29) is 13.1 Å². The van der Waals surface area contributed by atoms with E-state index < -0.39 is 12.1 Å². The fourth-order valence-electron chi connectivity index (χ4n) is 1.76. The molecule has 0 spiro atoms. The molecule has 0 aromatic carbocycles. The second kappa shape index (κ2) is 6.89. The van der Waals surface area contributed by atoms with Gasteiger partial charge in [0.05, 0.1) is 24.4 Å². The Hall–Kier alpha value is -1.63. The van der Waals surface area contributed by atoms with Crippen molar-refractivity contribution in [3.05, 3.63) is 46.1 Å². The first-order chi connectivity index (χ1) is 9.99. The number of furan rings is 1. The highest BCUT2D eigenvalue weighted by Crippen LogP contribution is 2.24. The molecule has 2 aromatic heterocycles. The molecule has 0 aliphatic carbocycles.